The molecule has 1 amide bonds. The van der Waals surface area contributed by atoms with E-state index in [2.05, 4.69) is 60.7 Å². The van der Waals surface area contributed by atoms with Gasteiger partial charge in [-0.15, -0.1) is 0 Å². The van der Waals surface area contributed by atoms with E-state index in [1.54, 1.807) is 0 Å². The molecule has 1 N–H and O–H groups in total. The van der Waals surface area contributed by atoms with E-state index < -0.39 is 5.60 Å². The number of piperidine rings is 1. The van der Waals surface area contributed by atoms with Crippen molar-refractivity contribution in [2.24, 2.45) is 0 Å². The van der Waals surface area contributed by atoms with Gasteiger partial charge >= 0.3 is 6.09 Å². The fourth-order valence-electron chi connectivity index (χ4n) is 6.67. The highest BCUT2D eigenvalue weighted by Gasteiger charge is 2.48. The molecule has 2 heterocycles. The first-order valence-electron chi connectivity index (χ1n) is 13.6. The van der Waals surface area contributed by atoms with Gasteiger partial charge in [0.2, 0.25) is 0 Å². The molecular weight excluding hydrogens is 462 g/mol. The first-order valence-corrected chi connectivity index (χ1v) is 13.6. The zero-order chi connectivity index (χ0) is 25.2. The highest BCUT2D eigenvalue weighted by Crippen LogP contribution is 2.45. The predicted octanol–water partition coefficient (Wildman–Crippen LogP) is 5.94. The summed E-state index contributed by atoms with van der Waals surface area (Å²) in [5, 5.41) is 11.5. The van der Waals surface area contributed by atoms with Crippen LogP contribution in [0.3, 0.4) is 0 Å². The number of rotatable bonds is 7. The van der Waals surface area contributed by atoms with Gasteiger partial charge < -0.3 is 14.6 Å². The Morgan fingerprint density at radius 3 is 2.11 bits per heavy atom. The van der Waals surface area contributed by atoms with E-state index in [-0.39, 0.29) is 24.1 Å². The van der Waals surface area contributed by atoms with Crippen LogP contribution in [0.5, 0.6) is 0 Å². The van der Waals surface area contributed by atoms with Crippen LogP contribution >= 0.6 is 0 Å². The van der Waals surface area contributed by atoms with Crippen molar-refractivity contribution in [3.8, 4) is 11.1 Å². The normalized spacial score (nSPS) is 24.4. The molecule has 0 saturated carbocycles. The summed E-state index contributed by atoms with van der Waals surface area (Å²) >= 11 is 0. The van der Waals surface area contributed by atoms with Crippen molar-refractivity contribution in [2.45, 2.75) is 62.1 Å². The third-order valence-electron chi connectivity index (χ3n) is 8.39. The Labute approximate surface area is 219 Å². The van der Waals surface area contributed by atoms with Gasteiger partial charge in [-0.1, -0.05) is 85.3 Å². The highest BCUT2D eigenvalue weighted by atomic mass is 16.6. The van der Waals surface area contributed by atoms with Crippen molar-refractivity contribution >= 4 is 6.09 Å². The number of amides is 1. The van der Waals surface area contributed by atoms with Gasteiger partial charge in [0, 0.05) is 5.92 Å². The molecule has 37 heavy (non-hydrogen) atoms. The molecule has 0 radical (unpaired) electrons. The lowest BCUT2D eigenvalue weighted by Crippen LogP contribution is -2.63. The van der Waals surface area contributed by atoms with Crippen LogP contribution in [-0.2, 0) is 15.9 Å². The smallest absolute Gasteiger partial charge is 0.410 e. The molecule has 6 rings (SSSR count). The number of benzene rings is 3. The van der Waals surface area contributed by atoms with Crippen LogP contribution in [0, 0.1) is 0 Å². The number of carbonyl (C=O) groups excluding carboxylic acids is 1. The molecule has 2 atom stereocenters. The molecule has 2 unspecified atom stereocenters. The molecule has 1 aliphatic carbocycles. The Kier molecular flexibility index (Phi) is 6.74. The van der Waals surface area contributed by atoms with Gasteiger partial charge in [0.25, 0.3) is 0 Å². The van der Waals surface area contributed by atoms with Crippen molar-refractivity contribution < 1.29 is 19.4 Å². The third kappa shape index (κ3) is 4.90. The molecule has 2 fully saturated rings. The molecule has 5 heteroatoms. The van der Waals surface area contributed by atoms with Gasteiger partial charge in [-0.3, -0.25) is 4.90 Å². The standard InChI is InChI=1S/C32H35NO4/c34-31(37-22-30-28-15-6-4-13-26(28)27-14-5-7-16-29(27)30)33-24-18-32(35,19-25(33)21-36-20-24)17-9-8-12-23-10-2-1-3-11-23/h1-7,10-11,13-16,24-25,30,35H,8-9,12,17-22H2. The van der Waals surface area contributed by atoms with Crippen LogP contribution in [0.1, 0.15) is 54.7 Å². The average molecular weight is 498 g/mol. The van der Waals surface area contributed by atoms with E-state index in [0.717, 1.165) is 25.7 Å². The number of carbonyl (C=O) groups is 1. The van der Waals surface area contributed by atoms with Gasteiger partial charge in [-0.2, -0.15) is 0 Å². The largest absolute Gasteiger partial charge is 0.448 e. The van der Waals surface area contributed by atoms with Gasteiger partial charge in [0.05, 0.1) is 30.9 Å². The van der Waals surface area contributed by atoms with E-state index in [1.807, 2.05) is 23.1 Å². The molecule has 3 aliphatic rings. The summed E-state index contributed by atoms with van der Waals surface area (Å²) in [6.45, 7) is 1.22. The second-order valence-electron chi connectivity index (χ2n) is 10.9. The molecule has 3 aromatic carbocycles. The Hall–Kier alpha value is -3.15. The van der Waals surface area contributed by atoms with Crippen LogP contribution in [0.25, 0.3) is 11.1 Å². The number of hydrogen-bond acceptors (Lipinski definition) is 4. The monoisotopic (exact) mass is 497 g/mol. The van der Waals surface area contributed by atoms with Crippen LogP contribution in [-0.4, -0.2) is 53.6 Å². The van der Waals surface area contributed by atoms with Gasteiger partial charge in [-0.25, -0.2) is 4.79 Å². The van der Waals surface area contributed by atoms with Crippen LogP contribution in [0.4, 0.5) is 4.79 Å². The maximum Gasteiger partial charge on any atom is 0.410 e. The SMILES string of the molecule is O=C(OCC1c2ccccc2-c2ccccc21)N1C2COCC1CC(O)(CCCCc1ccccc1)C2. The summed E-state index contributed by atoms with van der Waals surface area (Å²) in [4.78, 5) is 15.2. The first-order chi connectivity index (χ1) is 18.1. The quantitative estimate of drug-likeness (QED) is 0.410. The maximum atomic E-state index is 13.4. The molecule has 2 saturated heterocycles. The summed E-state index contributed by atoms with van der Waals surface area (Å²) in [6.07, 6.45) is 4.60. The van der Waals surface area contributed by atoms with Crippen LogP contribution < -0.4 is 0 Å². The van der Waals surface area contributed by atoms with E-state index >= 15 is 0 Å². The molecular formula is C32H35NO4. The van der Waals surface area contributed by atoms with Crippen molar-refractivity contribution in [3.63, 3.8) is 0 Å². The second-order valence-corrected chi connectivity index (χ2v) is 10.9. The molecule has 2 aliphatic heterocycles. The van der Waals surface area contributed by atoms with Crippen molar-refractivity contribution in [1.82, 2.24) is 4.90 Å². The minimum Gasteiger partial charge on any atom is -0.448 e. The number of nitrogens with zero attached hydrogens (tertiary/aromatic N) is 1. The second kappa shape index (κ2) is 10.3. The zero-order valence-electron chi connectivity index (χ0n) is 21.2. The summed E-state index contributed by atoms with van der Waals surface area (Å²) < 4.78 is 11.8. The molecule has 2 bridgehead atoms. The number of fused-ring (bicyclic) bond motifs is 5. The number of morpholine rings is 1. The zero-order valence-corrected chi connectivity index (χ0v) is 21.2. The van der Waals surface area contributed by atoms with E-state index in [9.17, 15) is 9.90 Å². The van der Waals surface area contributed by atoms with Crippen LogP contribution in [0.2, 0.25) is 0 Å². The molecule has 0 aromatic heterocycles. The third-order valence-corrected chi connectivity index (χ3v) is 8.39. The topological polar surface area (TPSA) is 59.0 Å². The van der Waals surface area contributed by atoms with Gasteiger partial charge in [0.1, 0.15) is 6.61 Å². The van der Waals surface area contributed by atoms with Crippen molar-refractivity contribution in [1.29, 1.82) is 0 Å². The summed E-state index contributed by atoms with van der Waals surface area (Å²) in [5.41, 5.74) is 5.45. The molecule has 5 nitrogen and oxygen atoms in total. The Morgan fingerprint density at radius 1 is 0.865 bits per heavy atom. The highest BCUT2D eigenvalue weighted by molar-refractivity contribution is 5.79. The molecule has 0 spiro atoms. The first kappa shape index (κ1) is 24.2. The average Bonchev–Trinajstić information content (AvgIpc) is 3.24. The minimum atomic E-state index is -0.754. The van der Waals surface area contributed by atoms with E-state index in [0.29, 0.717) is 32.7 Å². The lowest BCUT2D eigenvalue weighted by molar-refractivity contribution is -0.135. The number of unbranched alkanes of at least 4 members (excludes halogenated alkanes) is 1. The summed E-state index contributed by atoms with van der Waals surface area (Å²) in [5.74, 6) is 0.0405. The van der Waals surface area contributed by atoms with E-state index in [4.69, 9.17) is 9.47 Å². The number of ether oxygens (including phenoxy) is 2. The summed E-state index contributed by atoms with van der Waals surface area (Å²) in [6, 6.07) is 27.0. The molecule has 192 valence electrons. The number of aryl methyl sites for hydroxylation is 1. The maximum absolute atomic E-state index is 13.4. The Balaban J connectivity index is 1.08. The van der Waals surface area contributed by atoms with Crippen molar-refractivity contribution in [2.75, 3.05) is 19.8 Å². The lowest BCUT2D eigenvalue weighted by Gasteiger charge is -2.51. The van der Waals surface area contributed by atoms with Crippen molar-refractivity contribution in [3.05, 3.63) is 95.6 Å². The lowest BCUT2D eigenvalue weighted by atomic mass is 9.78. The number of hydrogen-bond donors (Lipinski definition) is 1. The predicted molar refractivity (Wildman–Crippen MR) is 143 cm³/mol. The number of aliphatic hydroxyl groups is 1. The summed E-state index contributed by atoms with van der Waals surface area (Å²) in [7, 11) is 0. The fraction of sp³-hybridized carbons (Fsp3) is 0.406. The fourth-order valence-corrected chi connectivity index (χ4v) is 6.67. The molecule has 3 aromatic rings. The van der Waals surface area contributed by atoms with E-state index in [1.165, 1.54) is 27.8 Å². The van der Waals surface area contributed by atoms with Gasteiger partial charge in [-0.05, 0) is 59.9 Å². The van der Waals surface area contributed by atoms with Gasteiger partial charge in [0.15, 0.2) is 0 Å². The van der Waals surface area contributed by atoms with Crippen LogP contribution in [0.15, 0.2) is 78.9 Å². The Morgan fingerprint density at radius 2 is 1.46 bits per heavy atom. The Bertz CT molecular complexity index is 1180. The minimum absolute atomic E-state index is 0.0405.